The maximum Gasteiger partial charge on any atom is 0.183 e. The largest absolute Gasteiger partial charge is 0.364 e. The van der Waals surface area contributed by atoms with Gasteiger partial charge >= 0.3 is 0 Å². The summed E-state index contributed by atoms with van der Waals surface area (Å²) in [7, 11) is 0. The van der Waals surface area contributed by atoms with Gasteiger partial charge < -0.3 is 14.9 Å². The highest BCUT2D eigenvalue weighted by Gasteiger charge is 2.32. The van der Waals surface area contributed by atoms with Gasteiger partial charge in [0.1, 0.15) is 11.3 Å². The molecule has 3 heterocycles. The maximum atomic E-state index is 5.03. The summed E-state index contributed by atoms with van der Waals surface area (Å²) in [5.41, 5.74) is 7.41. The Balaban J connectivity index is 1.15. The quantitative estimate of drug-likeness (QED) is 0.249. The van der Waals surface area contributed by atoms with Crippen LogP contribution < -0.4 is 5.32 Å². The second-order valence-corrected chi connectivity index (χ2v) is 10.7. The molecule has 0 aliphatic heterocycles. The topological polar surface area (TPSA) is 84.3 Å². The van der Waals surface area contributed by atoms with E-state index in [9.17, 15) is 0 Å². The molecule has 0 radical (unpaired) electrons. The molecule has 3 aromatic heterocycles. The Labute approximate surface area is 216 Å². The number of anilines is 1. The summed E-state index contributed by atoms with van der Waals surface area (Å²) in [6.45, 7) is 5.04. The molecular weight excluding hydrogens is 458 g/mol. The van der Waals surface area contributed by atoms with Gasteiger partial charge in [0.15, 0.2) is 17.3 Å². The Morgan fingerprint density at radius 3 is 2.54 bits per heavy atom. The van der Waals surface area contributed by atoms with Gasteiger partial charge in [-0.1, -0.05) is 62.4 Å². The van der Waals surface area contributed by atoms with Crippen molar-refractivity contribution < 1.29 is 0 Å². The molecule has 2 aromatic carbocycles. The number of imidazole rings is 2. The van der Waals surface area contributed by atoms with Crippen molar-refractivity contribution in [3.63, 3.8) is 0 Å². The van der Waals surface area contributed by atoms with Gasteiger partial charge in [-0.3, -0.25) is 0 Å². The van der Waals surface area contributed by atoms with Crippen LogP contribution in [0.5, 0.6) is 0 Å². The first kappa shape index (κ1) is 22.2. The van der Waals surface area contributed by atoms with E-state index < -0.39 is 0 Å². The van der Waals surface area contributed by atoms with Crippen LogP contribution in [0.3, 0.4) is 0 Å². The zero-order valence-corrected chi connectivity index (χ0v) is 21.3. The molecule has 37 heavy (non-hydrogen) atoms. The van der Waals surface area contributed by atoms with E-state index in [4.69, 9.17) is 15.0 Å². The van der Waals surface area contributed by atoms with Gasteiger partial charge in [0.25, 0.3) is 0 Å². The fourth-order valence-electron chi connectivity index (χ4n) is 5.08. The summed E-state index contributed by atoms with van der Waals surface area (Å²) < 4.78 is 2.41. The Bertz CT molecular complexity index is 1570. The number of aromatic nitrogens is 6. The first-order valence-electron chi connectivity index (χ1n) is 13.4. The Kier molecular flexibility index (Phi) is 5.30. The van der Waals surface area contributed by atoms with Crippen LogP contribution in [-0.4, -0.2) is 29.5 Å². The smallest absolute Gasteiger partial charge is 0.183 e. The van der Waals surface area contributed by atoms with E-state index in [1.165, 1.54) is 48.1 Å². The van der Waals surface area contributed by atoms with E-state index in [0.717, 1.165) is 22.7 Å². The van der Waals surface area contributed by atoms with Gasteiger partial charge in [-0.2, -0.15) is 0 Å². The van der Waals surface area contributed by atoms with E-state index in [1.54, 1.807) is 6.33 Å². The molecule has 0 bridgehead atoms. The van der Waals surface area contributed by atoms with Gasteiger partial charge in [-0.15, -0.1) is 0 Å². The molecule has 0 atom stereocenters. The van der Waals surface area contributed by atoms with Gasteiger partial charge in [0.05, 0.1) is 12.0 Å². The van der Waals surface area contributed by atoms with Crippen LogP contribution in [0, 0.1) is 0 Å². The molecule has 7 heteroatoms. The number of benzene rings is 2. The van der Waals surface area contributed by atoms with Crippen LogP contribution in [0.25, 0.3) is 33.9 Å². The van der Waals surface area contributed by atoms with Gasteiger partial charge in [-0.05, 0) is 42.7 Å². The monoisotopic (exact) mass is 489 g/mol. The van der Waals surface area contributed by atoms with Crippen molar-refractivity contribution in [1.82, 2.24) is 29.5 Å². The third-order valence-electron chi connectivity index (χ3n) is 7.47. The van der Waals surface area contributed by atoms with Crippen molar-refractivity contribution in [2.45, 2.75) is 64.0 Å². The van der Waals surface area contributed by atoms with Crippen LogP contribution >= 0.6 is 0 Å². The zero-order chi connectivity index (χ0) is 24.9. The fraction of sp³-hybridized carbons (Fsp3) is 0.333. The predicted octanol–water partition coefficient (Wildman–Crippen LogP) is 6.83. The Hall–Kier alpha value is -4.00. The lowest BCUT2D eigenvalue weighted by Crippen LogP contribution is -2.05. The number of aromatic amines is 1. The molecule has 2 aliphatic rings. The number of fused-ring (bicyclic) bond motifs is 1. The summed E-state index contributed by atoms with van der Waals surface area (Å²) in [5.74, 6) is 3.62. The van der Waals surface area contributed by atoms with E-state index >= 15 is 0 Å². The maximum absolute atomic E-state index is 5.03. The molecule has 7 nitrogen and oxygen atoms in total. The normalized spacial score (nSPS) is 15.5. The third-order valence-corrected chi connectivity index (χ3v) is 7.47. The van der Waals surface area contributed by atoms with Gasteiger partial charge in [-0.25, -0.2) is 19.9 Å². The molecule has 186 valence electrons. The van der Waals surface area contributed by atoms with Gasteiger partial charge in [0, 0.05) is 35.8 Å². The van der Waals surface area contributed by atoms with E-state index in [1.807, 2.05) is 6.07 Å². The minimum atomic E-state index is 0.375. The number of hydrogen-bond donors (Lipinski definition) is 2. The fourth-order valence-corrected chi connectivity index (χ4v) is 5.08. The van der Waals surface area contributed by atoms with Crippen molar-refractivity contribution in [3.8, 4) is 22.8 Å². The molecule has 2 saturated carbocycles. The average molecular weight is 490 g/mol. The molecule has 7 rings (SSSR count). The molecule has 0 spiro atoms. The van der Waals surface area contributed by atoms with E-state index in [-0.39, 0.29) is 0 Å². The molecule has 0 saturated heterocycles. The van der Waals surface area contributed by atoms with Crippen molar-refractivity contribution in [3.05, 3.63) is 77.9 Å². The minimum Gasteiger partial charge on any atom is -0.364 e. The van der Waals surface area contributed by atoms with Crippen LogP contribution in [-0.2, 0) is 6.54 Å². The lowest BCUT2D eigenvalue weighted by molar-refractivity contribution is 0.748. The molecule has 0 amide bonds. The predicted molar refractivity (Wildman–Crippen MR) is 146 cm³/mol. The van der Waals surface area contributed by atoms with Crippen LogP contribution in [0.1, 0.15) is 74.2 Å². The second-order valence-electron chi connectivity index (χ2n) is 10.7. The molecule has 2 aliphatic carbocycles. The highest BCUT2D eigenvalue weighted by atomic mass is 15.1. The van der Waals surface area contributed by atoms with Crippen molar-refractivity contribution >= 4 is 17.0 Å². The average Bonchev–Trinajstić information content (AvgIpc) is 3.86. The summed E-state index contributed by atoms with van der Waals surface area (Å²) in [6.07, 6.45) is 9.07. The SMILES string of the molecule is CC(C)c1ccccc1-c1nc(NCc2ccc(-c3nc(C4CC4)cn3C3CC3)cc2)c2[nH]cnc2n1. The molecule has 2 N–H and O–H groups in total. The van der Waals surface area contributed by atoms with Crippen molar-refractivity contribution in [2.75, 3.05) is 5.32 Å². The number of nitrogens with one attached hydrogen (secondary N) is 2. The lowest BCUT2D eigenvalue weighted by atomic mass is 9.97. The third kappa shape index (κ3) is 4.28. The molecule has 2 fully saturated rings. The second kappa shape index (κ2) is 8.83. The number of H-pyrrole nitrogens is 1. The van der Waals surface area contributed by atoms with E-state index in [0.29, 0.717) is 35.9 Å². The summed E-state index contributed by atoms with van der Waals surface area (Å²) in [4.78, 5) is 22.3. The lowest BCUT2D eigenvalue weighted by Gasteiger charge is -2.13. The van der Waals surface area contributed by atoms with Crippen LogP contribution in [0.4, 0.5) is 5.82 Å². The number of rotatable bonds is 8. The summed E-state index contributed by atoms with van der Waals surface area (Å²) in [5, 5.41) is 3.53. The first-order chi connectivity index (χ1) is 18.1. The van der Waals surface area contributed by atoms with Crippen molar-refractivity contribution in [1.29, 1.82) is 0 Å². The Morgan fingerprint density at radius 2 is 1.78 bits per heavy atom. The standard InChI is InChI=1S/C30H31N7/c1-18(2)23-5-3-4-6-24(23)27-35-28(26-29(36-27)33-17-32-26)31-15-19-7-9-21(10-8-19)30-34-25(20-11-12-20)16-37(30)22-13-14-22/h3-10,16-18,20,22H,11-15H2,1-2H3,(H2,31,32,33,35,36). The molecule has 0 unspecified atom stereocenters. The highest BCUT2D eigenvalue weighted by molar-refractivity contribution is 5.85. The molecular formula is C30H31N7. The van der Waals surface area contributed by atoms with Gasteiger partial charge in [0.2, 0.25) is 0 Å². The number of nitrogens with zero attached hydrogens (tertiary/aromatic N) is 5. The number of hydrogen-bond acceptors (Lipinski definition) is 5. The van der Waals surface area contributed by atoms with Crippen LogP contribution in [0.2, 0.25) is 0 Å². The van der Waals surface area contributed by atoms with Crippen molar-refractivity contribution in [2.24, 2.45) is 0 Å². The zero-order valence-electron chi connectivity index (χ0n) is 21.3. The summed E-state index contributed by atoms with van der Waals surface area (Å²) >= 11 is 0. The minimum absolute atomic E-state index is 0.375. The Morgan fingerprint density at radius 1 is 0.973 bits per heavy atom. The molecule has 5 aromatic rings. The highest BCUT2D eigenvalue weighted by Crippen LogP contribution is 2.44. The summed E-state index contributed by atoms with van der Waals surface area (Å²) in [6, 6.07) is 17.7. The first-order valence-corrected chi connectivity index (χ1v) is 13.4. The van der Waals surface area contributed by atoms with Crippen LogP contribution in [0.15, 0.2) is 61.1 Å². The van der Waals surface area contributed by atoms with E-state index in [2.05, 4.69) is 82.4 Å².